The molecule has 0 aliphatic rings. The molecule has 0 atom stereocenters. The van der Waals surface area contributed by atoms with Crippen LogP contribution in [0.1, 0.15) is 5.56 Å². The summed E-state index contributed by atoms with van der Waals surface area (Å²) in [4.78, 5) is 19.8. The molecule has 7 heteroatoms. The third-order valence-electron chi connectivity index (χ3n) is 3.55. The van der Waals surface area contributed by atoms with Crippen LogP contribution in [0.2, 0.25) is 0 Å². The number of hydrogen-bond donors (Lipinski definition) is 2. The Kier molecular flexibility index (Phi) is 3.33. The maximum Gasteiger partial charge on any atom is 0.227 e. The smallest absolute Gasteiger partial charge is 0.227 e. The molecule has 3 heterocycles. The van der Waals surface area contributed by atoms with E-state index in [1.165, 1.54) is 12.4 Å². The average molecular weight is 313 g/mol. The van der Waals surface area contributed by atoms with Gasteiger partial charge in [0.25, 0.3) is 0 Å². The second-order valence-corrected chi connectivity index (χ2v) is 5.09. The van der Waals surface area contributed by atoms with Crippen molar-refractivity contribution in [3.63, 3.8) is 0 Å². The van der Waals surface area contributed by atoms with Gasteiger partial charge in [0, 0.05) is 23.6 Å². The van der Waals surface area contributed by atoms with Gasteiger partial charge in [0.1, 0.15) is 6.07 Å². The minimum atomic E-state index is 0.419. The van der Waals surface area contributed by atoms with E-state index in [0.29, 0.717) is 11.5 Å². The van der Waals surface area contributed by atoms with Crippen molar-refractivity contribution in [2.45, 2.75) is 0 Å². The number of imidazole rings is 1. The summed E-state index contributed by atoms with van der Waals surface area (Å²) in [6, 6.07) is 9.79. The molecule has 24 heavy (non-hydrogen) atoms. The maximum absolute atomic E-state index is 8.81. The van der Waals surface area contributed by atoms with E-state index in [4.69, 9.17) is 5.26 Å². The Morgan fingerprint density at radius 1 is 1.04 bits per heavy atom. The fourth-order valence-electron chi connectivity index (χ4n) is 2.45. The van der Waals surface area contributed by atoms with Gasteiger partial charge in [0.05, 0.1) is 35.3 Å². The lowest BCUT2D eigenvalue weighted by atomic mass is 10.0. The Labute approximate surface area is 137 Å². The average Bonchev–Trinajstić information content (AvgIpc) is 3.11. The monoisotopic (exact) mass is 313 g/mol. The standard InChI is InChI=1S/C17H11N7/c18-7-11-8-20-17(21-9-11)24-13-5-14(12-1-3-19-4-2-12)16-15(6-13)22-10-23-16/h1-6,8-10H,(H,22,23)(H,20,21,24). The van der Waals surface area contributed by atoms with Gasteiger partial charge in [-0.2, -0.15) is 5.26 Å². The predicted octanol–water partition coefficient (Wildman–Crippen LogP) is 3.03. The lowest BCUT2D eigenvalue weighted by Gasteiger charge is -2.08. The number of anilines is 2. The summed E-state index contributed by atoms with van der Waals surface area (Å²) in [6.45, 7) is 0. The summed E-state index contributed by atoms with van der Waals surface area (Å²) in [5, 5.41) is 12.0. The Balaban J connectivity index is 1.77. The number of hydrogen-bond acceptors (Lipinski definition) is 6. The Hall–Kier alpha value is -3.79. The first-order valence-corrected chi connectivity index (χ1v) is 7.20. The molecule has 4 aromatic rings. The van der Waals surface area contributed by atoms with Crippen LogP contribution in [-0.2, 0) is 0 Å². The van der Waals surface area contributed by atoms with E-state index in [0.717, 1.165) is 27.8 Å². The van der Waals surface area contributed by atoms with E-state index >= 15 is 0 Å². The summed E-state index contributed by atoms with van der Waals surface area (Å²) >= 11 is 0. The van der Waals surface area contributed by atoms with Gasteiger partial charge in [-0.15, -0.1) is 0 Å². The fourth-order valence-corrected chi connectivity index (χ4v) is 2.45. The Morgan fingerprint density at radius 3 is 2.58 bits per heavy atom. The zero-order valence-corrected chi connectivity index (χ0v) is 12.4. The van der Waals surface area contributed by atoms with Crippen LogP contribution in [0.5, 0.6) is 0 Å². The third kappa shape index (κ3) is 2.53. The van der Waals surface area contributed by atoms with Gasteiger partial charge in [-0.3, -0.25) is 4.98 Å². The predicted molar refractivity (Wildman–Crippen MR) is 89.4 cm³/mol. The van der Waals surface area contributed by atoms with Gasteiger partial charge in [-0.1, -0.05) is 0 Å². The van der Waals surface area contributed by atoms with Crippen LogP contribution in [0.25, 0.3) is 22.2 Å². The molecule has 3 aromatic heterocycles. The van der Waals surface area contributed by atoms with Gasteiger partial charge in [0.2, 0.25) is 5.95 Å². The van der Waals surface area contributed by atoms with Crippen molar-refractivity contribution in [3.8, 4) is 17.2 Å². The molecule has 114 valence electrons. The van der Waals surface area contributed by atoms with Crippen LogP contribution in [-0.4, -0.2) is 24.9 Å². The SMILES string of the molecule is N#Cc1cnc(Nc2cc(-c3ccncc3)c3nc[nH]c3c2)nc1. The number of nitrogens with one attached hydrogen (secondary N) is 2. The largest absolute Gasteiger partial charge is 0.345 e. The van der Waals surface area contributed by atoms with Crippen molar-refractivity contribution >= 4 is 22.7 Å². The van der Waals surface area contributed by atoms with Gasteiger partial charge < -0.3 is 10.3 Å². The molecule has 0 fully saturated rings. The molecule has 0 bridgehead atoms. The van der Waals surface area contributed by atoms with E-state index < -0.39 is 0 Å². The molecule has 0 saturated carbocycles. The maximum atomic E-state index is 8.81. The molecule has 4 rings (SSSR count). The number of fused-ring (bicyclic) bond motifs is 1. The molecule has 2 N–H and O–H groups in total. The molecular weight excluding hydrogens is 302 g/mol. The third-order valence-corrected chi connectivity index (χ3v) is 3.55. The quantitative estimate of drug-likeness (QED) is 0.602. The Bertz CT molecular complexity index is 1030. The summed E-state index contributed by atoms with van der Waals surface area (Å²) in [7, 11) is 0. The van der Waals surface area contributed by atoms with E-state index in [-0.39, 0.29) is 0 Å². The first kappa shape index (κ1) is 13.8. The molecule has 0 aliphatic heterocycles. The van der Waals surface area contributed by atoms with Gasteiger partial charge in [0.15, 0.2) is 0 Å². The molecule has 1 aromatic carbocycles. The fraction of sp³-hybridized carbons (Fsp3) is 0. The van der Waals surface area contributed by atoms with Crippen LogP contribution in [0.15, 0.2) is 55.4 Å². The molecule has 0 unspecified atom stereocenters. The van der Waals surface area contributed by atoms with Crippen LogP contribution < -0.4 is 5.32 Å². The molecule has 0 spiro atoms. The number of aromatic amines is 1. The molecular formula is C17H11N7. The Morgan fingerprint density at radius 2 is 1.83 bits per heavy atom. The van der Waals surface area contributed by atoms with E-state index in [2.05, 4.69) is 30.2 Å². The van der Waals surface area contributed by atoms with E-state index in [9.17, 15) is 0 Å². The minimum Gasteiger partial charge on any atom is -0.345 e. The molecule has 0 radical (unpaired) electrons. The number of aromatic nitrogens is 5. The topological polar surface area (TPSA) is 103 Å². The van der Waals surface area contributed by atoms with Gasteiger partial charge in [-0.05, 0) is 29.8 Å². The minimum absolute atomic E-state index is 0.419. The highest BCUT2D eigenvalue weighted by molar-refractivity contribution is 5.95. The van der Waals surface area contributed by atoms with Crippen LogP contribution in [0, 0.1) is 11.3 Å². The number of pyridine rings is 1. The summed E-state index contributed by atoms with van der Waals surface area (Å²) in [5.74, 6) is 0.425. The summed E-state index contributed by atoms with van der Waals surface area (Å²) in [6.07, 6.45) is 8.12. The zero-order chi connectivity index (χ0) is 16.4. The van der Waals surface area contributed by atoms with Crippen molar-refractivity contribution in [2.24, 2.45) is 0 Å². The van der Waals surface area contributed by atoms with Crippen LogP contribution >= 0.6 is 0 Å². The molecule has 0 aliphatic carbocycles. The number of H-pyrrole nitrogens is 1. The molecule has 7 nitrogen and oxygen atoms in total. The summed E-state index contributed by atoms with van der Waals surface area (Å²) < 4.78 is 0. The van der Waals surface area contributed by atoms with Crippen molar-refractivity contribution in [1.82, 2.24) is 24.9 Å². The van der Waals surface area contributed by atoms with Crippen LogP contribution in [0.4, 0.5) is 11.6 Å². The van der Waals surface area contributed by atoms with E-state index in [1.54, 1.807) is 18.7 Å². The first-order chi connectivity index (χ1) is 11.8. The van der Waals surface area contributed by atoms with E-state index in [1.807, 2.05) is 30.3 Å². The zero-order valence-electron chi connectivity index (χ0n) is 12.4. The van der Waals surface area contributed by atoms with Crippen molar-refractivity contribution in [1.29, 1.82) is 5.26 Å². The van der Waals surface area contributed by atoms with Crippen molar-refractivity contribution < 1.29 is 0 Å². The van der Waals surface area contributed by atoms with Gasteiger partial charge >= 0.3 is 0 Å². The molecule has 0 amide bonds. The van der Waals surface area contributed by atoms with Crippen LogP contribution in [0.3, 0.4) is 0 Å². The number of benzene rings is 1. The van der Waals surface area contributed by atoms with Gasteiger partial charge in [-0.25, -0.2) is 15.0 Å². The highest BCUT2D eigenvalue weighted by Gasteiger charge is 2.09. The first-order valence-electron chi connectivity index (χ1n) is 7.20. The number of nitrogens with zero attached hydrogens (tertiary/aromatic N) is 5. The normalized spacial score (nSPS) is 10.5. The van der Waals surface area contributed by atoms with Crippen molar-refractivity contribution in [3.05, 3.63) is 60.9 Å². The lowest BCUT2D eigenvalue weighted by Crippen LogP contribution is -1.97. The second-order valence-electron chi connectivity index (χ2n) is 5.09. The van der Waals surface area contributed by atoms with Crippen molar-refractivity contribution in [2.75, 3.05) is 5.32 Å². The summed E-state index contributed by atoms with van der Waals surface area (Å²) in [5.41, 5.74) is 5.03. The second kappa shape index (κ2) is 5.78. The highest BCUT2D eigenvalue weighted by atomic mass is 15.1. The highest BCUT2D eigenvalue weighted by Crippen LogP contribution is 2.30. The number of nitriles is 1. The number of rotatable bonds is 3. The molecule has 0 saturated heterocycles. The lowest BCUT2D eigenvalue weighted by molar-refractivity contribution is 1.15.